The summed E-state index contributed by atoms with van der Waals surface area (Å²) in [5, 5.41) is 6.27. The number of carbonyl (C=O) groups is 1. The van der Waals surface area contributed by atoms with Gasteiger partial charge in [0.2, 0.25) is 0 Å². The van der Waals surface area contributed by atoms with Crippen LogP contribution in [0.3, 0.4) is 0 Å². The molecule has 2 N–H and O–H groups in total. The Morgan fingerprint density at radius 3 is 2.42 bits per heavy atom. The van der Waals surface area contributed by atoms with E-state index in [9.17, 15) is 4.79 Å². The summed E-state index contributed by atoms with van der Waals surface area (Å²) < 4.78 is 0. The van der Waals surface area contributed by atoms with E-state index in [4.69, 9.17) is 0 Å². The molecular formula is C22H23N3O. The Hall–Kier alpha value is -3.14. The smallest absolute Gasteiger partial charge is 0.270 e. The molecule has 1 amide bonds. The van der Waals surface area contributed by atoms with Crippen molar-refractivity contribution in [3.05, 3.63) is 88.7 Å². The Morgan fingerprint density at radius 2 is 1.69 bits per heavy atom. The molecule has 0 aliphatic rings. The summed E-state index contributed by atoms with van der Waals surface area (Å²) >= 11 is 0. The monoisotopic (exact) mass is 345 g/mol. The number of anilines is 2. The molecule has 0 radical (unpaired) electrons. The fourth-order valence-corrected chi connectivity index (χ4v) is 2.72. The van der Waals surface area contributed by atoms with Crippen LogP contribution in [0, 0.1) is 20.8 Å². The van der Waals surface area contributed by atoms with Crippen molar-refractivity contribution in [2.45, 2.75) is 27.3 Å². The number of carbonyl (C=O) groups excluding carboxylic acids is 1. The minimum Gasteiger partial charge on any atom is -0.354 e. The Morgan fingerprint density at radius 1 is 0.923 bits per heavy atom. The van der Waals surface area contributed by atoms with Gasteiger partial charge in [0.25, 0.3) is 5.91 Å². The van der Waals surface area contributed by atoms with Crippen LogP contribution in [0.15, 0.2) is 60.8 Å². The predicted octanol–water partition coefficient (Wildman–Crippen LogP) is 4.68. The topological polar surface area (TPSA) is 54.0 Å². The first-order valence-electron chi connectivity index (χ1n) is 8.66. The van der Waals surface area contributed by atoms with Gasteiger partial charge in [-0.15, -0.1) is 0 Å². The molecule has 3 aromatic rings. The summed E-state index contributed by atoms with van der Waals surface area (Å²) in [4.78, 5) is 16.6. The van der Waals surface area contributed by atoms with E-state index >= 15 is 0 Å². The molecule has 0 spiro atoms. The zero-order chi connectivity index (χ0) is 18.5. The highest BCUT2D eigenvalue weighted by atomic mass is 16.1. The number of aryl methyl sites for hydroxylation is 2. The van der Waals surface area contributed by atoms with Crippen molar-refractivity contribution in [2.75, 3.05) is 5.32 Å². The number of nitrogens with zero attached hydrogens (tertiary/aromatic N) is 1. The van der Waals surface area contributed by atoms with E-state index in [0.717, 1.165) is 22.5 Å². The van der Waals surface area contributed by atoms with Crippen LogP contribution in [0.5, 0.6) is 0 Å². The lowest BCUT2D eigenvalue weighted by Crippen LogP contribution is -2.24. The fourth-order valence-electron chi connectivity index (χ4n) is 2.72. The van der Waals surface area contributed by atoms with Crippen molar-refractivity contribution in [1.82, 2.24) is 10.3 Å². The molecule has 0 fully saturated rings. The first-order valence-corrected chi connectivity index (χ1v) is 8.66. The predicted molar refractivity (Wildman–Crippen MR) is 106 cm³/mol. The van der Waals surface area contributed by atoms with Gasteiger partial charge < -0.3 is 10.6 Å². The zero-order valence-electron chi connectivity index (χ0n) is 15.3. The van der Waals surface area contributed by atoms with Crippen LogP contribution < -0.4 is 10.6 Å². The van der Waals surface area contributed by atoms with E-state index in [2.05, 4.69) is 35.5 Å². The lowest BCUT2D eigenvalue weighted by Gasteiger charge is -2.12. The molecule has 26 heavy (non-hydrogen) atoms. The Bertz CT molecular complexity index is 917. The Kier molecular flexibility index (Phi) is 5.32. The average Bonchev–Trinajstić information content (AvgIpc) is 2.65. The minimum absolute atomic E-state index is 0.175. The lowest BCUT2D eigenvalue weighted by molar-refractivity contribution is 0.0946. The van der Waals surface area contributed by atoms with Crippen molar-refractivity contribution >= 4 is 17.3 Å². The van der Waals surface area contributed by atoms with Gasteiger partial charge in [-0.3, -0.25) is 4.79 Å². The summed E-state index contributed by atoms with van der Waals surface area (Å²) in [7, 11) is 0. The highest BCUT2D eigenvalue weighted by molar-refractivity contribution is 5.92. The van der Waals surface area contributed by atoms with Gasteiger partial charge in [-0.1, -0.05) is 36.4 Å². The largest absolute Gasteiger partial charge is 0.354 e. The molecule has 132 valence electrons. The number of pyridine rings is 1. The third kappa shape index (κ3) is 4.09. The van der Waals surface area contributed by atoms with Gasteiger partial charge in [0.05, 0.1) is 11.9 Å². The summed E-state index contributed by atoms with van der Waals surface area (Å²) in [5.74, 6) is -0.175. The fraction of sp³-hybridized carbons (Fsp3) is 0.182. The number of amides is 1. The van der Waals surface area contributed by atoms with E-state index < -0.39 is 0 Å². The molecule has 4 nitrogen and oxygen atoms in total. The quantitative estimate of drug-likeness (QED) is 0.706. The van der Waals surface area contributed by atoms with Crippen LogP contribution in [-0.4, -0.2) is 10.9 Å². The molecule has 2 aromatic carbocycles. The minimum atomic E-state index is -0.175. The summed E-state index contributed by atoms with van der Waals surface area (Å²) in [5.41, 5.74) is 7.01. The maximum atomic E-state index is 12.3. The molecule has 0 bridgehead atoms. The first kappa shape index (κ1) is 17.7. The van der Waals surface area contributed by atoms with Crippen LogP contribution in [-0.2, 0) is 6.54 Å². The standard InChI is InChI=1S/C22H23N3O/c1-15-8-6-10-20(17(15)3)25-19-11-12-21(23-14-19)22(26)24-13-18-9-5-4-7-16(18)2/h4-12,14,25H,13H2,1-3H3,(H,24,26). The number of rotatable bonds is 5. The second-order valence-electron chi connectivity index (χ2n) is 6.41. The molecule has 3 rings (SSSR count). The molecule has 1 heterocycles. The van der Waals surface area contributed by atoms with E-state index in [0.29, 0.717) is 12.2 Å². The van der Waals surface area contributed by atoms with Gasteiger partial charge in [-0.2, -0.15) is 0 Å². The second kappa shape index (κ2) is 7.83. The number of nitrogens with one attached hydrogen (secondary N) is 2. The Labute approximate surface area is 154 Å². The van der Waals surface area contributed by atoms with Crippen LogP contribution in [0.1, 0.15) is 32.7 Å². The van der Waals surface area contributed by atoms with Gasteiger partial charge in [-0.25, -0.2) is 4.98 Å². The molecule has 1 aromatic heterocycles. The average molecular weight is 345 g/mol. The summed E-state index contributed by atoms with van der Waals surface area (Å²) in [6, 6.07) is 17.8. The first-order chi connectivity index (χ1) is 12.5. The second-order valence-corrected chi connectivity index (χ2v) is 6.41. The maximum Gasteiger partial charge on any atom is 0.270 e. The van der Waals surface area contributed by atoms with Gasteiger partial charge in [0.15, 0.2) is 0 Å². The van der Waals surface area contributed by atoms with Crippen molar-refractivity contribution < 1.29 is 4.79 Å². The van der Waals surface area contributed by atoms with E-state index in [-0.39, 0.29) is 5.91 Å². The summed E-state index contributed by atoms with van der Waals surface area (Å²) in [6.45, 7) is 6.70. The molecule has 0 atom stereocenters. The Balaban J connectivity index is 1.64. The number of hydrogen-bond donors (Lipinski definition) is 2. The van der Waals surface area contributed by atoms with E-state index in [1.165, 1.54) is 11.1 Å². The summed E-state index contributed by atoms with van der Waals surface area (Å²) in [6.07, 6.45) is 1.68. The van der Waals surface area contributed by atoms with Crippen molar-refractivity contribution in [3.63, 3.8) is 0 Å². The van der Waals surface area contributed by atoms with Gasteiger partial charge >= 0.3 is 0 Å². The van der Waals surface area contributed by atoms with Gasteiger partial charge in [0.1, 0.15) is 5.69 Å². The van der Waals surface area contributed by atoms with Crippen molar-refractivity contribution in [1.29, 1.82) is 0 Å². The molecule has 0 saturated heterocycles. The van der Waals surface area contributed by atoms with E-state index in [1.54, 1.807) is 12.3 Å². The maximum absolute atomic E-state index is 12.3. The van der Waals surface area contributed by atoms with Crippen LogP contribution >= 0.6 is 0 Å². The van der Waals surface area contributed by atoms with Crippen molar-refractivity contribution in [3.8, 4) is 0 Å². The SMILES string of the molecule is Cc1ccccc1CNC(=O)c1ccc(Nc2cccc(C)c2C)cn1. The highest BCUT2D eigenvalue weighted by Crippen LogP contribution is 2.22. The molecule has 0 aliphatic heterocycles. The van der Waals surface area contributed by atoms with Gasteiger partial charge in [0, 0.05) is 12.2 Å². The molecule has 0 saturated carbocycles. The molecular weight excluding hydrogens is 322 g/mol. The number of aromatic nitrogens is 1. The normalized spacial score (nSPS) is 10.4. The number of hydrogen-bond acceptors (Lipinski definition) is 3. The third-order valence-electron chi connectivity index (χ3n) is 4.58. The van der Waals surface area contributed by atoms with E-state index in [1.807, 2.05) is 49.4 Å². The van der Waals surface area contributed by atoms with Crippen LogP contribution in [0.4, 0.5) is 11.4 Å². The lowest BCUT2D eigenvalue weighted by atomic mass is 10.1. The van der Waals surface area contributed by atoms with Crippen LogP contribution in [0.2, 0.25) is 0 Å². The van der Waals surface area contributed by atoms with Crippen molar-refractivity contribution in [2.24, 2.45) is 0 Å². The highest BCUT2D eigenvalue weighted by Gasteiger charge is 2.08. The van der Waals surface area contributed by atoms with Crippen LogP contribution in [0.25, 0.3) is 0 Å². The molecule has 0 aliphatic carbocycles. The van der Waals surface area contributed by atoms with Gasteiger partial charge in [-0.05, 0) is 61.2 Å². The number of benzene rings is 2. The molecule has 0 unspecified atom stereocenters. The third-order valence-corrected chi connectivity index (χ3v) is 4.58. The zero-order valence-corrected chi connectivity index (χ0v) is 15.3. The molecule has 4 heteroatoms.